The fourth-order valence-electron chi connectivity index (χ4n) is 1.16. The largest absolute Gasteiger partial charge is 0.348 e. The summed E-state index contributed by atoms with van der Waals surface area (Å²) in [6.45, 7) is 3.55. The van der Waals surface area contributed by atoms with Crippen LogP contribution in [0, 0.1) is 0 Å². The van der Waals surface area contributed by atoms with Crippen LogP contribution in [0.4, 0.5) is 0 Å². The van der Waals surface area contributed by atoms with Gasteiger partial charge in [0.25, 0.3) is 0 Å². The number of nitrogens with one attached hydrogen (secondary N) is 1. The highest BCUT2D eigenvalue weighted by atomic mass is 35.5. The molecule has 0 saturated carbocycles. The van der Waals surface area contributed by atoms with Crippen LogP contribution < -0.4 is 5.32 Å². The fraction of sp³-hybridized carbons (Fsp3) is 0.364. The van der Waals surface area contributed by atoms with Crippen molar-refractivity contribution in [2.45, 2.75) is 25.3 Å². The van der Waals surface area contributed by atoms with Gasteiger partial charge in [-0.2, -0.15) is 0 Å². The Morgan fingerprint density at radius 1 is 1.27 bits per heavy atom. The molecule has 0 aromatic heterocycles. The van der Waals surface area contributed by atoms with Crippen LogP contribution in [0.5, 0.6) is 0 Å². The predicted octanol–water partition coefficient (Wildman–Crippen LogP) is 3.14. The SMILES string of the molecule is C[C@H](Cl)C(=O)N[C@@H](C)c1ccc(Cl)cc1. The Balaban J connectivity index is 2.65. The molecular formula is C11H13Cl2NO. The zero-order chi connectivity index (χ0) is 11.4. The minimum atomic E-state index is -0.514. The molecule has 0 bridgehead atoms. The normalized spacial score (nSPS) is 14.4. The van der Waals surface area contributed by atoms with Gasteiger partial charge in [-0.15, -0.1) is 11.6 Å². The van der Waals surface area contributed by atoms with Gasteiger partial charge in [0, 0.05) is 5.02 Å². The van der Waals surface area contributed by atoms with Gasteiger partial charge in [0.15, 0.2) is 0 Å². The number of alkyl halides is 1. The summed E-state index contributed by atoms with van der Waals surface area (Å²) in [6.07, 6.45) is 0. The molecule has 0 aliphatic carbocycles. The number of hydrogen-bond donors (Lipinski definition) is 1. The molecule has 0 aliphatic heterocycles. The molecule has 1 rings (SSSR count). The van der Waals surface area contributed by atoms with Gasteiger partial charge >= 0.3 is 0 Å². The minimum absolute atomic E-state index is 0.0593. The highest BCUT2D eigenvalue weighted by molar-refractivity contribution is 6.30. The van der Waals surface area contributed by atoms with Gasteiger partial charge in [-0.3, -0.25) is 4.79 Å². The van der Waals surface area contributed by atoms with Crippen molar-refractivity contribution in [3.05, 3.63) is 34.9 Å². The minimum Gasteiger partial charge on any atom is -0.348 e. The smallest absolute Gasteiger partial charge is 0.238 e. The molecule has 0 aliphatic rings. The molecule has 2 atom stereocenters. The summed E-state index contributed by atoms with van der Waals surface area (Å²) in [6, 6.07) is 7.29. The second kappa shape index (κ2) is 5.38. The Morgan fingerprint density at radius 2 is 1.80 bits per heavy atom. The number of carbonyl (C=O) groups excluding carboxylic acids is 1. The highest BCUT2D eigenvalue weighted by Crippen LogP contribution is 2.16. The van der Waals surface area contributed by atoms with Crippen molar-refractivity contribution in [3.63, 3.8) is 0 Å². The van der Waals surface area contributed by atoms with Crippen molar-refractivity contribution in [3.8, 4) is 0 Å². The van der Waals surface area contributed by atoms with Crippen molar-refractivity contribution >= 4 is 29.1 Å². The van der Waals surface area contributed by atoms with Crippen LogP contribution in [-0.4, -0.2) is 11.3 Å². The Labute approximate surface area is 99.6 Å². The summed E-state index contributed by atoms with van der Waals surface area (Å²) in [5.74, 6) is -0.167. The molecule has 1 aromatic carbocycles. The van der Waals surface area contributed by atoms with Gasteiger partial charge in [0.05, 0.1) is 6.04 Å². The van der Waals surface area contributed by atoms with E-state index in [1.807, 2.05) is 19.1 Å². The average Bonchev–Trinajstić information content (AvgIpc) is 2.18. The lowest BCUT2D eigenvalue weighted by atomic mass is 10.1. The van der Waals surface area contributed by atoms with Gasteiger partial charge in [0.1, 0.15) is 5.38 Å². The van der Waals surface area contributed by atoms with E-state index in [4.69, 9.17) is 23.2 Å². The highest BCUT2D eigenvalue weighted by Gasteiger charge is 2.13. The third kappa shape index (κ3) is 3.73. The van der Waals surface area contributed by atoms with E-state index in [9.17, 15) is 4.79 Å². The second-order valence-corrected chi connectivity index (χ2v) is 4.49. The summed E-state index contributed by atoms with van der Waals surface area (Å²) in [4.78, 5) is 11.3. The van der Waals surface area contributed by atoms with E-state index in [0.717, 1.165) is 5.56 Å². The van der Waals surface area contributed by atoms with Crippen molar-refractivity contribution in [2.24, 2.45) is 0 Å². The maximum absolute atomic E-state index is 11.3. The van der Waals surface area contributed by atoms with Crippen LogP contribution in [0.15, 0.2) is 24.3 Å². The maximum Gasteiger partial charge on any atom is 0.238 e. The molecule has 1 amide bonds. The maximum atomic E-state index is 11.3. The van der Waals surface area contributed by atoms with E-state index >= 15 is 0 Å². The van der Waals surface area contributed by atoms with Crippen molar-refractivity contribution in [2.75, 3.05) is 0 Å². The summed E-state index contributed by atoms with van der Waals surface area (Å²) in [5.41, 5.74) is 1.00. The van der Waals surface area contributed by atoms with Crippen LogP contribution in [0.2, 0.25) is 5.02 Å². The summed E-state index contributed by atoms with van der Waals surface area (Å²) in [5, 5.41) is 2.97. The van der Waals surface area contributed by atoms with Gasteiger partial charge in [-0.25, -0.2) is 0 Å². The first-order chi connectivity index (χ1) is 7.00. The van der Waals surface area contributed by atoms with Crippen LogP contribution in [0.1, 0.15) is 25.5 Å². The van der Waals surface area contributed by atoms with Gasteiger partial charge in [-0.05, 0) is 31.5 Å². The Kier molecular flexibility index (Phi) is 4.43. The van der Waals surface area contributed by atoms with Gasteiger partial charge in [0.2, 0.25) is 5.91 Å². The average molecular weight is 246 g/mol. The Hall–Kier alpha value is -0.730. The van der Waals surface area contributed by atoms with E-state index in [-0.39, 0.29) is 11.9 Å². The molecule has 15 heavy (non-hydrogen) atoms. The quantitative estimate of drug-likeness (QED) is 0.815. The monoisotopic (exact) mass is 245 g/mol. The third-order valence-corrected chi connectivity index (χ3v) is 2.54. The lowest BCUT2D eigenvalue weighted by molar-refractivity contribution is -0.121. The Bertz CT molecular complexity index is 335. The number of amides is 1. The van der Waals surface area contributed by atoms with Gasteiger partial charge in [-0.1, -0.05) is 23.7 Å². The van der Waals surface area contributed by atoms with E-state index < -0.39 is 5.38 Å². The summed E-state index contributed by atoms with van der Waals surface area (Å²) in [7, 11) is 0. The lowest BCUT2D eigenvalue weighted by Crippen LogP contribution is -2.31. The Morgan fingerprint density at radius 3 is 2.27 bits per heavy atom. The molecular weight excluding hydrogens is 233 g/mol. The van der Waals surface area contributed by atoms with Crippen LogP contribution in [-0.2, 0) is 4.79 Å². The first kappa shape index (κ1) is 12.3. The van der Waals surface area contributed by atoms with E-state index in [1.54, 1.807) is 19.1 Å². The standard InChI is InChI=1S/C11H13Cl2NO/c1-7(12)11(15)14-8(2)9-3-5-10(13)6-4-9/h3-8H,1-2H3,(H,14,15)/t7-,8-/m0/s1. The third-order valence-electron chi connectivity index (χ3n) is 2.09. The number of carbonyl (C=O) groups is 1. The molecule has 0 spiro atoms. The molecule has 0 heterocycles. The summed E-state index contributed by atoms with van der Waals surface area (Å²) >= 11 is 11.4. The van der Waals surface area contributed by atoms with Crippen molar-refractivity contribution < 1.29 is 4.79 Å². The van der Waals surface area contributed by atoms with Gasteiger partial charge < -0.3 is 5.32 Å². The van der Waals surface area contributed by atoms with Crippen molar-refractivity contribution in [1.82, 2.24) is 5.32 Å². The molecule has 0 radical (unpaired) electrons. The predicted molar refractivity (Wildman–Crippen MR) is 63.3 cm³/mol. The molecule has 2 nitrogen and oxygen atoms in total. The van der Waals surface area contributed by atoms with Crippen LogP contribution >= 0.6 is 23.2 Å². The van der Waals surface area contributed by atoms with E-state index in [0.29, 0.717) is 5.02 Å². The first-order valence-electron chi connectivity index (χ1n) is 4.70. The molecule has 82 valence electrons. The molecule has 0 fully saturated rings. The van der Waals surface area contributed by atoms with Crippen LogP contribution in [0.3, 0.4) is 0 Å². The number of hydrogen-bond acceptors (Lipinski definition) is 1. The molecule has 1 N–H and O–H groups in total. The second-order valence-electron chi connectivity index (χ2n) is 3.40. The zero-order valence-corrected chi connectivity index (χ0v) is 10.1. The van der Waals surface area contributed by atoms with E-state index in [2.05, 4.69) is 5.32 Å². The molecule has 0 unspecified atom stereocenters. The summed E-state index contributed by atoms with van der Waals surface area (Å²) < 4.78 is 0. The molecule has 4 heteroatoms. The lowest BCUT2D eigenvalue weighted by Gasteiger charge is -2.15. The first-order valence-corrected chi connectivity index (χ1v) is 5.52. The molecule has 0 saturated heterocycles. The van der Waals surface area contributed by atoms with Crippen LogP contribution in [0.25, 0.3) is 0 Å². The van der Waals surface area contributed by atoms with E-state index in [1.165, 1.54) is 0 Å². The van der Waals surface area contributed by atoms with Crippen molar-refractivity contribution in [1.29, 1.82) is 0 Å². The fourth-order valence-corrected chi connectivity index (χ4v) is 1.35. The number of rotatable bonds is 3. The molecule has 1 aromatic rings. The number of benzene rings is 1. The topological polar surface area (TPSA) is 29.1 Å². The number of halogens is 2. The zero-order valence-electron chi connectivity index (χ0n) is 8.63.